The molecular weight excluding hydrogens is 388 g/mol. The number of benzene rings is 2. The normalized spacial score (nSPS) is 16.8. The monoisotopic (exact) mass is 412 g/mol. The molecule has 2 aromatic rings. The van der Waals surface area contributed by atoms with Gasteiger partial charge in [0.05, 0.1) is 4.91 Å². The van der Waals surface area contributed by atoms with Gasteiger partial charge in [-0.05, 0) is 54.3 Å². The second-order valence-corrected chi connectivity index (χ2v) is 8.93. The summed E-state index contributed by atoms with van der Waals surface area (Å²) in [6.45, 7) is 4.48. The number of carbonyl (C=O) groups is 1. The Bertz CT molecular complexity index is 1040. The highest BCUT2D eigenvalue weighted by Gasteiger charge is 2.24. The molecule has 0 saturated carbocycles. The summed E-state index contributed by atoms with van der Waals surface area (Å²) >= 11 is 0. The van der Waals surface area contributed by atoms with Crippen LogP contribution in [0.15, 0.2) is 53.4 Å². The van der Waals surface area contributed by atoms with Gasteiger partial charge in [0, 0.05) is 38.8 Å². The predicted octanol–water partition coefficient (Wildman–Crippen LogP) is 3.05. The average Bonchev–Trinajstić information content (AvgIpc) is 2.74. The quantitative estimate of drug-likeness (QED) is 0.722. The molecule has 1 amide bonds. The molecule has 152 valence electrons. The van der Waals surface area contributed by atoms with Gasteiger partial charge in [-0.2, -0.15) is 8.42 Å². The van der Waals surface area contributed by atoms with Crippen molar-refractivity contribution in [2.24, 2.45) is 0 Å². The first-order chi connectivity index (χ1) is 13.9. The van der Waals surface area contributed by atoms with Crippen LogP contribution >= 0.6 is 0 Å². The molecule has 1 aliphatic heterocycles. The zero-order valence-electron chi connectivity index (χ0n) is 16.4. The third-order valence-corrected chi connectivity index (χ3v) is 6.84. The van der Waals surface area contributed by atoms with Crippen LogP contribution in [0.5, 0.6) is 5.75 Å². The van der Waals surface area contributed by atoms with Crippen LogP contribution in [0.25, 0.3) is 6.08 Å². The van der Waals surface area contributed by atoms with Crippen LogP contribution in [-0.4, -0.2) is 45.4 Å². The van der Waals surface area contributed by atoms with E-state index in [1.54, 1.807) is 25.1 Å². The zero-order chi connectivity index (χ0) is 20.4. The lowest BCUT2D eigenvalue weighted by molar-refractivity contribution is -0.129. The molecule has 0 bridgehead atoms. The van der Waals surface area contributed by atoms with E-state index < -0.39 is 10.1 Å². The fourth-order valence-electron chi connectivity index (χ4n) is 3.78. The minimum Gasteiger partial charge on any atom is -0.379 e. The van der Waals surface area contributed by atoms with Crippen LogP contribution in [0.4, 0.5) is 5.69 Å². The van der Waals surface area contributed by atoms with Gasteiger partial charge in [-0.1, -0.05) is 24.3 Å². The molecule has 0 unspecified atom stereocenters. The van der Waals surface area contributed by atoms with E-state index in [9.17, 15) is 13.2 Å². The van der Waals surface area contributed by atoms with Crippen molar-refractivity contribution in [2.75, 3.05) is 31.1 Å². The molecule has 6 nitrogen and oxygen atoms in total. The first-order valence-electron chi connectivity index (χ1n) is 9.76. The standard InChI is InChI=1S/C22H24N2O4S/c1-17(25)23-12-14-24(15-13-23)20-7-9-21(10-8-20)28-29(26,27)22-11-6-18-4-2-3-5-19(18)16-22/h2-5,7-10,16H,6,11-15H2,1H3. The van der Waals surface area contributed by atoms with Crippen molar-refractivity contribution in [3.63, 3.8) is 0 Å². The molecule has 29 heavy (non-hydrogen) atoms. The maximum Gasteiger partial charge on any atom is 0.335 e. The summed E-state index contributed by atoms with van der Waals surface area (Å²) in [6, 6.07) is 14.9. The van der Waals surface area contributed by atoms with E-state index in [1.165, 1.54) is 0 Å². The minimum absolute atomic E-state index is 0.0956. The Hall–Kier alpha value is -2.80. The summed E-state index contributed by atoms with van der Waals surface area (Å²) in [4.78, 5) is 15.8. The van der Waals surface area contributed by atoms with E-state index in [-0.39, 0.29) is 5.91 Å². The number of hydrogen-bond donors (Lipinski definition) is 0. The largest absolute Gasteiger partial charge is 0.379 e. The third kappa shape index (κ3) is 4.29. The van der Waals surface area contributed by atoms with Crippen molar-refractivity contribution in [3.05, 3.63) is 64.6 Å². The Labute approximate surface area is 171 Å². The Morgan fingerprint density at radius 2 is 1.62 bits per heavy atom. The summed E-state index contributed by atoms with van der Waals surface area (Å²) in [5.74, 6) is 0.397. The summed E-state index contributed by atoms with van der Waals surface area (Å²) in [5, 5.41) is 0. The van der Waals surface area contributed by atoms with Crippen LogP contribution in [0.3, 0.4) is 0 Å². The number of fused-ring (bicyclic) bond motifs is 1. The summed E-state index contributed by atoms with van der Waals surface area (Å²) in [6.07, 6.45) is 2.84. The van der Waals surface area contributed by atoms with Crippen LogP contribution in [0.2, 0.25) is 0 Å². The number of anilines is 1. The number of hydrogen-bond acceptors (Lipinski definition) is 5. The van der Waals surface area contributed by atoms with Gasteiger partial charge < -0.3 is 14.0 Å². The first-order valence-corrected chi connectivity index (χ1v) is 11.2. The number of allylic oxidation sites excluding steroid dienone is 1. The molecule has 0 N–H and O–H groups in total. The number of rotatable bonds is 4. The fourth-order valence-corrected chi connectivity index (χ4v) is 4.87. The SMILES string of the molecule is CC(=O)N1CCN(c2ccc(OS(=O)(=O)C3=Cc4ccccc4CC3)cc2)CC1. The zero-order valence-corrected chi connectivity index (χ0v) is 17.2. The van der Waals surface area contributed by atoms with Gasteiger partial charge >= 0.3 is 10.1 Å². The molecule has 4 rings (SSSR count). The van der Waals surface area contributed by atoms with Crippen molar-refractivity contribution in [1.82, 2.24) is 4.90 Å². The highest BCUT2D eigenvalue weighted by Crippen LogP contribution is 2.29. The van der Waals surface area contributed by atoms with E-state index >= 15 is 0 Å². The molecule has 1 aliphatic carbocycles. The lowest BCUT2D eigenvalue weighted by Crippen LogP contribution is -2.48. The highest BCUT2D eigenvalue weighted by atomic mass is 32.2. The Balaban J connectivity index is 1.44. The van der Waals surface area contributed by atoms with Crippen molar-refractivity contribution in [1.29, 1.82) is 0 Å². The van der Waals surface area contributed by atoms with Crippen LogP contribution < -0.4 is 9.08 Å². The van der Waals surface area contributed by atoms with Crippen LogP contribution in [-0.2, 0) is 21.3 Å². The average molecular weight is 413 g/mol. The Morgan fingerprint density at radius 1 is 0.931 bits per heavy atom. The molecule has 0 aromatic heterocycles. The van der Waals surface area contributed by atoms with Gasteiger partial charge in [0.15, 0.2) is 0 Å². The molecule has 2 aliphatic rings. The molecule has 1 fully saturated rings. The second-order valence-electron chi connectivity index (χ2n) is 7.33. The van der Waals surface area contributed by atoms with E-state index in [0.717, 1.165) is 29.9 Å². The van der Waals surface area contributed by atoms with Gasteiger partial charge in [-0.3, -0.25) is 4.79 Å². The molecule has 0 atom stereocenters. The van der Waals surface area contributed by atoms with Gasteiger partial charge in [-0.25, -0.2) is 0 Å². The molecule has 7 heteroatoms. The topological polar surface area (TPSA) is 66.9 Å². The van der Waals surface area contributed by atoms with Gasteiger partial charge in [0.1, 0.15) is 5.75 Å². The number of carbonyl (C=O) groups excluding carboxylic acids is 1. The molecule has 1 heterocycles. The molecular formula is C22H24N2O4S. The Kier molecular flexibility index (Phi) is 5.32. The van der Waals surface area contributed by atoms with E-state index in [1.807, 2.05) is 41.3 Å². The maximum atomic E-state index is 12.7. The van der Waals surface area contributed by atoms with E-state index in [0.29, 0.717) is 36.6 Å². The minimum atomic E-state index is -3.83. The van der Waals surface area contributed by atoms with Gasteiger partial charge in [0.2, 0.25) is 5.91 Å². The predicted molar refractivity (Wildman–Crippen MR) is 113 cm³/mol. The van der Waals surface area contributed by atoms with Crippen molar-refractivity contribution >= 4 is 27.8 Å². The lowest BCUT2D eigenvalue weighted by Gasteiger charge is -2.35. The van der Waals surface area contributed by atoms with Crippen LogP contribution in [0.1, 0.15) is 24.5 Å². The van der Waals surface area contributed by atoms with Crippen molar-refractivity contribution in [2.45, 2.75) is 19.8 Å². The third-order valence-electron chi connectivity index (χ3n) is 5.47. The first kappa shape index (κ1) is 19.5. The summed E-state index contributed by atoms with van der Waals surface area (Å²) < 4.78 is 30.8. The molecule has 1 saturated heterocycles. The molecule has 0 spiro atoms. The fraction of sp³-hybridized carbons (Fsp3) is 0.318. The van der Waals surface area contributed by atoms with Crippen LogP contribution in [0, 0.1) is 0 Å². The second kappa shape index (κ2) is 7.91. The summed E-state index contributed by atoms with van der Waals surface area (Å²) in [7, 11) is -3.83. The van der Waals surface area contributed by atoms with Crippen molar-refractivity contribution < 1.29 is 17.4 Å². The lowest BCUT2D eigenvalue weighted by atomic mass is 9.98. The number of aryl methyl sites for hydroxylation is 1. The smallest absolute Gasteiger partial charge is 0.335 e. The molecule has 0 radical (unpaired) electrons. The number of amides is 1. The van der Waals surface area contributed by atoms with E-state index in [4.69, 9.17) is 4.18 Å². The maximum absolute atomic E-state index is 12.7. The summed E-state index contributed by atoms with van der Waals surface area (Å²) in [5.41, 5.74) is 3.07. The Morgan fingerprint density at radius 3 is 2.31 bits per heavy atom. The molecule has 2 aromatic carbocycles. The number of piperazine rings is 1. The highest BCUT2D eigenvalue weighted by molar-refractivity contribution is 7.91. The van der Waals surface area contributed by atoms with E-state index in [2.05, 4.69) is 4.90 Å². The van der Waals surface area contributed by atoms with Gasteiger partial charge in [-0.15, -0.1) is 0 Å². The van der Waals surface area contributed by atoms with Crippen molar-refractivity contribution in [3.8, 4) is 5.75 Å². The van der Waals surface area contributed by atoms with Gasteiger partial charge in [0.25, 0.3) is 0 Å². The number of nitrogens with zero attached hydrogens (tertiary/aromatic N) is 2.